The maximum Gasteiger partial charge on any atom is 0.339 e. The number of para-hydroxylation sites is 2. The molecule has 0 bridgehead atoms. The summed E-state index contributed by atoms with van der Waals surface area (Å²) >= 11 is 1.32. The van der Waals surface area contributed by atoms with Gasteiger partial charge in [-0.2, -0.15) is 0 Å². The van der Waals surface area contributed by atoms with Crippen molar-refractivity contribution in [1.82, 2.24) is 5.32 Å². The Morgan fingerprint density at radius 1 is 0.826 bits per heavy atom. The highest BCUT2D eigenvalue weighted by molar-refractivity contribution is 8.00. The van der Waals surface area contributed by atoms with Crippen molar-refractivity contribution in [2.45, 2.75) is 30.4 Å². The van der Waals surface area contributed by atoms with Crippen LogP contribution in [0, 0.1) is 0 Å². The minimum Gasteiger partial charge on any atom is -0.493 e. The van der Waals surface area contributed by atoms with E-state index in [1.165, 1.54) is 18.9 Å². The van der Waals surface area contributed by atoms with Gasteiger partial charge in [-0.25, -0.2) is 4.79 Å². The molecule has 9 nitrogen and oxygen atoms in total. The minimum absolute atomic E-state index is 0.0224. The molecule has 1 atom stereocenters. The Morgan fingerprint density at radius 2 is 1.54 bits per heavy atom. The third kappa shape index (κ3) is 9.09. The van der Waals surface area contributed by atoms with E-state index >= 15 is 0 Å². The monoisotopic (exact) mass is 637 g/mol. The molecule has 0 saturated carbocycles. The number of benzene rings is 4. The van der Waals surface area contributed by atoms with Crippen molar-refractivity contribution in [3.63, 3.8) is 0 Å². The van der Waals surface area contributed by atoms with E-state index in [2.05, 4.69) is 16.0 Å². The van der Waals surface area contributed by atoms with Gasteiger partial charge in [-0.1, -0.05) is 61.5 Å². The third-order valence-corrected chi connectivity index (χ3v) is 8.03. The molecule has 0 spiro atoms. The van der Waals surface area contributed by atoms with E-state index in [1.807, 2.05) is 32.0 Å². The molecule has 236 valence electrons. The van der Waals surface area contributed by atoms with E-state index in [-0.39, 0.29) is 17.2 Å². The number of anilines is 2. The fraction of sp³-hybridized carbons (Fsp3) is 0.167. The lowest BCUT2D eigenvalue weighted by Gasteiger charge is -2.17. The molecule has 0 saturated heterocycles. The molecule has 0 aliphatic rings. The second kappa shape index (κ2) is 16.6. The van der Waals surface area contributed by atoms with Crippen LogP contribution < -0.4 is 20.7 Å². The van der Waals surface area contributed by atoms with E-state index in [0.717, 1.165) is 4.90 Å². The molecule has 0 aliphatic heterocycles. The number of carbonyl (C=O) groups excluding carboxylic acids is 4. The Bertz CT molecular complexity index is 1720. The number of methoxy groups -OCH3 is 1. The summed E-state index contributed by atoms with van der Waals surface area (Å²) in [6.45, 7) is 4.19. The maximum absolute atomic E-state index is 13.6. The van der Waals surface area contributed by atoms with Gasteiger partial charge in [0.15, 0.2) is 0 Å². The predicted octanol–water partition coefficient (Wildman–Crippen LogP) is 6.79. The second-order valence-electron chi connectivity index (χ2n) is 9.87. The molecule has 0 radical (unpaired) electrons. The first kappa shape index (κ1) is 33.5. The summed E-state index contributed by atoms with van der Waals surface area (Å²) in [5.74, 6) is -1.23. The molecule has 46 heavy (non-hydrogen) atoms. The third-order valence-electron chi connectivity index (χ3n) is 6.67. The number of esters is 1. The molecule has 3 N–H and O–H groups in total. The Hall–Kier alpha value is -5.35. The molecule has 1 unspecified atom stereocenters. The minimum atomic E-state index is -0.546. The van der Waals surface area contributed by atoms with Crippen LogP contribution in [0.15, 0.2) is 114 Å². The number of ether oxygens (including phenoxy) is 2. The molecular formula is C36H35N3O6S. The van der Waals surface area contributed by atoms with E-state index < -0.39 is 23.0 Å². The first-order valence-electron chi connectivity index (χ1n) is 14.7. The van der Waals surface area contributed by atoms with Gasteiger partial charge in [0.2, 0.25) is 5.91 Å². The fourth-order valence-electron chi connectivity index (χ4n) is 4.41. The summed E-state index contributed by atoms with van der Waals surface area (Å²) in [4.78, 5) is 52.8. The van der Waals surface area contributed by atoms with Crippen LogP contribution >= 0.6 is 11.8 Å². The molecule has 4 rings (SSSR count). The predicted molar refractivity (Wildman–Crippen MR) is 181 cm³/mol. The van der Waals surface area contributed by atoms with Crippen molar-refractivity contribution >= 4 is 52.9 Å². The number of rotatable bonds is 13. The zero-order valence-electron chi connectivity index (χ0n) is 25.7. The number of carbonyl (C=O) groups is 4. The van der Waals surface area contributed by atoms with Crippen molar-refractivity contribution in [2.24, 2.45) is 0 Å². The van der Waals surface area contributed by atoms with E-state index in [4.69, 9.17) is 9.47 Å². The molecule has 0 heterocycles. The van der Waals surface area contributed by atoms with Crippen molar-refractivity contribution in [1.29, 1.82) is 0 Å². The molecule has 0 fully saturated rings. The average Bonchev–Trinajstić information content (AvgIpc) is 3.08. The Morgan fingerprint density at radius 3 is 2.28 bits per heavy atom. The second-order valence-corrected chi connectivity index (χ2v) is 11.1. The molecule has 3 amide bonds. The topological polar surface area (TPSA) is 123 Å². The molecule has 0 aromatic heterocycles. The zero-order valence-corrected chi connectivity index (χ0v) is 26.6. The van der Waals surface area contributed by atoms with Crippen LogP contribution in [0.25, 0.3) is 6.08 Å². The Balaban J connectivity index is 1.53. The SMILES string of the molecule is CCOc1ccccc1/C=C(/NC(=O)c1ccccc1)C(=O)Nc1cccc(SC(CC)C(=O)Nc2ccccc2C(=O)OC)c1. The van der Waals surface area contributed by atoms with Crippen molar-refractivity contribution < 1.29 is 28.7 Å². The highest BCUT2D eigenvalue weighted by atomic mass is 32.2. The van der Waals surface area contributed by atoms with E-state index in [1.54, 1.807) is 91.0 Å². The summed E-state index contributed by atoms with van der Waals surface area (Å²) in [7, 11) is 1.28. The smallest absolute Gasteiger partial charge is 0.339 e. The van der Waals surface area contributed by atoms with Crippen molar-refractivity contribution in [3.8, 4) is 5.75 Å². The molecular weight excluding hydrogens is 602 g/mol. The van der Waals surface area contributed by atoms with Gasteiger partial charge in [-0.3, -0.25) is 14.4 Å². The van der Waals surface area contributed by atoms with Gasteiger partial charge in [0.1, 0.15) is 11.4 Å². The Labute approximate surface area is 272 Å². The van der Waals surface area contributed by atoms with Crippen LogP contribution in [0.1, 0.15) is 46.5 Å². The normalized spacial score (nSPS) is 11.6. The summed E-state index contributed by atoms with van der Waals surface area (Å²) < 4.78 is 10.6. The largest absolute Gasteiger partial charge is 0.493 e. The molecule has 0 aliphatic carbocycles. The number of hydrogen-bond acceptors (Lipinski definition) is 7. The number of amides is 3. The van der Waals surface area contributed by atoms with Crippen molar-refractivity contribution in [3.05, 3.63) is 126 Å². The lowest BCUT2D eigenvalue weighted by Crippen LogP contribution is -2.30. The van der Waals surface area contributed by atoms with Gasteiger partial charge in [-0.05, 0) is 68.0 Å². The summed E-state index contributed by atoms with van der Waals surface area (Å²) in [5.41, 5.74) is 2.14. The fourth-order valence-corrected chi connectivity index (χ4v) is 5.42. The Kier molecular flexibility index (Phi) is 12.1. The van der Waals surface area contributed by atoms with Crippen molar-refractivity contribution in [2.75, 3.05) is 24.4 Å². The molecule has 4 aromatic rings. The number of thioether (sulfide) groups is 1. The lowest BCUT2D eigenvalue weighted by atomic mass is 10.1. The standard InChI is InChI=1S/C36H35N3O6S/c1-4-32(35(42)38-29-20-11-10-19-28(29)36(43)44-3)46-27-18-13-17-26(23-27)37-34(41)30(39-33(40)24-14-7-6-8-15-24)22-25-16-9-12-21-31(25)45-5-2/h6-23,32H,4-5H2,1-3H3,(H,37,41)(H,38,42)(H,39,40)/b30-22+. The highest BCUT2D eigenvalue weighted by Gasteiger charge is 2.22. The van der Waals surface area contributed by atoms with Crippen LogP contribution in [0.2, 0.25) is 0 Å². The summed E-state index contributed by atoms with van der Waals surface area (Å²) in [6, 6.07) is 29.6. The maximum atomic E-state index is 13.6. The van der Waals surface area contributed by atoms with Crippen LogP contribution in [0.5, 0.6) is 5.75 Å². The van der Waals surface area contributed by atoms with Crippen LogP contribution in [-0.2, 0) is 14.3 Å². The van der Waals surface area contributed by atoms with Crippen LogP contribution in [0.4, 0.5) is 11.4 Å². The molecule has 10 heteroatoms. The lowest BCUT2D eigenvalue weighted by molar-refractivity contribution is -0.116. The summed E-state index contributed by atoms with van der Waals surface area (Å²) in [5, 5.41) is 7.96. The van der Waals surface area contributed by atoms with E-state index in [9.17, 15) is 19.2 Å². The van der Waals surface area contributed by atoms with Crippen LogP contribution in [0.3, 0.4) is 0 Å². The van der Waals surface area contributed by atoms with Gasteiger partial charge in [0, 0.05) is 21.7 Å². The van der Waals surface area contributed by atoms with Crippen LogP contribution in [-0.4, -0.2) is 42.7 Å². The first-order chi connectivity index (χ1) is 22.3. The summed E-state index contributed by atoms with van der Waals surface area (Å²) in [6.07, 6.45) is 2.08. The zero-order chi connectivity index (χ0) is 32.9. The van der Waals surface area contributed by atoms with Gasteiger partial charge in [0.05, 0.1) is 30.2 Å². The quantitative estimate of drug-likeness (QED) is 0.0838. The highest BCUT2D eigenvalue weighted by Crippen LogP contribution is 2.29. The van der Waals surface area contributed by atoms with Gasteiger partial charge < -0.3 is 25.4 Å². The van der Waals surface area contributed by atoms with Gasteiger partial charge >= 0.3 is 5.97 Å². The molecule has 4 aromatic carbocycles. The number of hydrogen-bond donors (Lipinski definition) is 3. The van der Waals surface area contributed by atoms with Gasteiger partial charge in [0.25, 0.3) is 11.8 Å². The first-order valence-corrected chi connectivity index (χ1v) is 15.6. The number of nitrogens with one attached hydrogen (secondary N) is 3. The average molecular weight is 638 g/mol. The van der Waals surface area contributed by atoms with Gasteiger partial charge in [-0.15, -0.1) is 11.8 Å². The van der Waals surface area contributed by atoms with E-state index in [0.29, 0.717) is 41.3 Å².